The molecule has 6 heteroatoms. The smallest absolute Gasteiger partial charge is 0.286 e. The fourth-order valence-electron chi connectivity index (χ4n) is 2.99. The van der Waals surface area contributed by atoms with Gasteiger partial charge in [-0.1, -0.05) is 30.3 Å². The lowest BCUT2D eigenvalue weighted by atomic mass is 9.89. The molecular formula is C18H21N3O3. The van der Waals surface area contributed by atoms with Crippen molar-refractivity contribution in [3.8, 4) is 0 Å². The van der Waals surface area contributed by atoms with Crippen molar-refractivity contribution >= 4 is 11.8 Å². The molecule has 0 aliphatic carbocycles. The van der Waals surface area contributed by atoms with E-state index in [1.54, 1.807) is 29.9 Å². The number of rotatable bonds is 3. The van der Waals surface area contributed by atoms with Crippen molar-refractivity contribution in [2.75, 3.05) is 6.61 Å². The Hall–Kier alpha value is -2.60. The molecule has 0 saturated carbocycles. The molecule has 2 unspecified atom stereocenters. The normalized spacial score (nSPS) is 20.4. The van der Waals surface area contributed by atoms with Crippen LogP contribution in [0.3, 0.4) is 0 Å². The SMILES string of the molecule is Cn1cccc1C(=O)NNC(=O)C1CCCOC1c1ccccc1. The summed E-state index contributed by atoms with van der Waals surface area (Å²) < 4.78 is 7.51. The summed E-state index contributed by atoms with van der Waals surface area (Å²) in [6.45, 7) is 0.638. The predicted molar refractivity (Wildman–Crippen MR) is 88.9 cm³/mol. The van der Waals surface area contributed by atoms with E-state index >= 15 is 0 Å². The summed E-state index contributed by atoms with van der Waals surface area (Å²) in [7, 11) is 1.77. The van der Waals surface area contributed by atoms with Gasteiger partial charge in [0, 0.05) is 19.9 Å². The van der Waals surface area contributed by atoms with Crippen molar-refractivity contribution in [3.63, 3.8) is 0 Å². The molecule has 0 bridgehead atoms. The number of carbonyl (C=O) groups is 2. The van der Waals surface area contributed by atoms with Gasteiger partial charge in [-0.2, -0.15) is 0 Å². The Bertz CT molecular complexity index is 711. The molecule has 2 amide bonds. The molecule has 2 aromatic rings. The number of nitrogens with zero attached hydrogens (tertiary/aromatic N) is 1. The summed E-state index contributed by atoms with van der Waals surface area (Å²) in [6.07, 6.45) is 3.04. The minimum atomic E-state index is -0.344. The summed E-state index contributed by atoms with van der Waals surface area (Å²) in [4.78, 5) is 24.6. The second-order valence-electron chi connectivity index (χ2n) is 5.90. The number of carbonyl (C=O) groups excluding carboxylic acids is 2. The van der Waals surface area contributed by atoms with Crippen LogP contribution in [0.25, 0.3) is 0 Å². The Morgan fingerprint density at radius 3 is 2.62 bits per heavy atom. The number of aryl methyl sites for hydroxylation is 1. The van der Waals surface area contributed by atoms with Crippen LogP contribution in [0, 0.1) is 5.92 Å². The number of hydrogen-bond acceptors (Lipinski definition) is 3. The van der Waals surface area contributed by atoms with Gasteiger partial charge in [-0.15, -0.1) is 0 Å². The zero-order valence-electron chi connectivity index (χ0n) is 13.6. The van der Waals surface area contributed by atoms with E-state index in [0.717, 1.165) is 18.4 Å². The molecule has 0 radical (unpaired) electrons. The van der Waals surface area contributed by atoms with Gasteiger partial charge in [0.2, 0.25) is 5.91 Å². The van der Waals surface area contributed by atoms with Crippen molar-refractivity contribution in [1.82, 2.24) is 15.4 Å². The maximum absolute atomic E-state index is 12.5. The van der Waals surface area contributed by atoms with Gasteiger partial charge >= 0.3 is 0 Å². The van der Waals surface area contributed by atoms with E-state index in [2.05, 4.69) is 10.9 Å². The Labute approximate surface area is 140 Å². The van der Waals surface area contributed by atoms with Gasteiger partial charge in [-0.3, -0.25) is 20.4 Å². The molecule has 1 aliphatic heterocycles. The Morgan fingerprint density at radius 2 is 1.92 bits per heavy atom. The molecule has 24 heavy (non-hydrogen) atoms. The Balaban J connectivity index is 1.64. The maximum atomic E-state index is 12.5. The topological polar surface area (TPSA) is 72.4 Å². The Kier molecular flexibility index (Phi) is 4.96. The number of ether oxygens (including phenoxy) is 1. The van der Waals surface area contributed by atoms with Crippen LogP contribution in [0.4, 0.5) is 0 Å². The predicted octanol–water partition coefficient (Wildman–Crippen LogP) is 1.95. The van der Waals surface area contributed by atoms with Gasteiger partial charge in [-0.05, 0) is 30.5 Å². The molecule has 2 heterocycles. The van der Waals surface area contributed by atoms with E-state index in [1.807, 2.05) is 30.3 Å². The summed E-state index contributed by atoms with van der Waals surface area (Å²) in [5, 5.41) is 0. The second-order valence-corrected chi connectivity index (χ2v) is 5.90. The van der Waals surface area contributed by atoms with E-state index in [9.17, 15) is 9.59 Å². The van der Waals surface area contributed by atoms with Crippen molar-refractivity contribution in [2.45, 2.75) is 18.9 Å². The molecule has 1 fully saturated rings. The van der Waals surface area contributed by atoms with E-state index in [4.69, 9.17) is 4.74 Å². The van der Waals surface area contributed by atoms with Crippen molar-refractivity contribution < 1.29 is 14.3 Å². The number of hydrazine groups is 1. The average molecular weight is 327 g/mol. The van der Waals surface area contributed by atoms with Crippen LogP contribution < -0.4 is 10.9 Å². The first-order valence-corrected chi connectivity index (χ1v) is 8.05. The molecule has 1 aromatic carbocycles. The van der Waals surface area contributed by atoms with Crippen LogP contribution in [-0.2, 0) is 16.6 Å². The lowest BCUT2D eigenvalue weighted by Crippen LogP contribution is -2.47. The summed E-state index contributed by atoms with van der Waals surface area (Å²) >= 11 is 0. The molecule has 1 aromatic heterocycles. The number of hydrogen-bond donors (Lipinski definition) is 2. The van der Waals surface area contributed by atoms with Gasteiger partial charge < -0.3 is 9.30 Å². The number of aromatic nitrogens is 1. The lowest BCUT2D eigenvalue weighted by Gasteiger charge is -2.31. The number of amides is 2. The molecular weight excluding hydrogens is 306 g/mol. The second kappa shape index (κ2) is 7.31. The van der Waals surface area contributed by atoms with Gasteiger partial charge in [0.05, 0.1) is 12.0 Å². The zero-order chi connectivity index (χ0) is 16.9. The average Bonchev–Trinajstić information content (AvgIpc) is 3.06. The van der Waals surface area contributed by atoms with E-state index < -0.39 is 0 Å². The van der Waals surface area contributed by atoms with Gasteiger partial charge in [-0.25, -0.2) is 0 Å². The maximum Gasteiger partial charge on any atom is 0.286 e. The third kappa shape index (κ3) is 3.49. The highest BCUT2D eigenvalue weighted by Crippen LogP contribution is 2.33. The van der Waals surface area contributed by atoms with Crippen LogP contribution in [0.5, 0.6) is 0 Å². The van der Waals surface area contributed by atoms with E-state index in [-0.39, 0.29) is 23.8 Å². The first kappa shape index (κ1) is 16.3. The quantitative estimate of drug-likeness (QED) is 0.847. The molecule has 0 spiro atoms. The fraction of sp³-hybridized carbons (Fsp3) is 0.333. The number of benzene rings is 1. The van der Waals surface area contributed by atoms with Crippen LogP contribution in [0.15, 0.2) is 48.7 Å². The van der Waals surface area contributed by atoms with Crippen LogP contribution in [0.1, 0.15) is 35.0 Å². The molecule has 1 saturated heterocycles. The fourth-order valence-corrected chi connectivity index (χ4v) is 2.99. The highest BCUT2D eigenvalue weighted by Gasteiger charge is 2.33. The van der Waals surface area contributed by atoms with Gasteiger partial charge in [0.1, 0.15) is 5.69 Å². The minimum Gasteiger partial charge on any atom is -0.373 e. The van der Waals surface area contributed by atoms with Gasteiger partial charge in [0.25, 0.3) is 5.91 Å². The van der Waals surface area contributed by atoms with Crippen molar-refractivity contribution in [1.29, 1.82) is 0 Å². The Morgan fingerprint density at radius 1 is 1.12 bits per heavy atom. The highest BCUT2D eigenvalue weighted by atomic mass is 16.5. The molecule has 2 N–H and O–H groups in total. The lowest BCUT2D eigenvalue weighted by molar-refractivity contribution is -0.135. The summed E-state index contributed by atoms with van der Waals surface area (Å²) in [5.74, 6) is -0.898. The largest absolute Gasteiger partial charge is 0.373 e. The van der Waals surface area contributed by atoms with Crippen LogP contribution in [0.2, 0.25) is 0 Å². The number of nitrogens with one attached hydrogen (secondary N) is 2. The third-order valence-electron chi connectivity index (χ3n) is 4.26. The first-order valence-electron chi connectivity index (χ1n) is 8.05. The highest BCUT2D eigenvalue weighted by molar-refractivity contribution is 5.94. The molecule has 6 nitrogen and oxygen atoms in total. The van der Waals surface area contributed by atoms with E-state index in [1.165, 1.54) is 0 Å². The van der Waals surface area contributed by atoms with Crippen molar-refractivity contribution in [3.05, 3.63) is 59.9 Å². The standard InChI is InChI=1S/C18H21N3O3/c1-21-11-5-10-15(21)18(23)20-19-17(22)14-9-6-12-24-16(14)13-7-3-2-4-8-13/h2-5,7-8,10-11,14,16H,6,9,12H2,1H3,(H,19,22)(H,20,23). The van der Waals surface area contributed by atoms with Crippen LogP contribution in [-0.4, -0.2) is 23.0 Å². The minimum absolute atomic E-state index is 0.230. The first-order chi connectivity index (χ1) is 11.7. The molecule has 126 valence electrons. The monoisotopic (exact) mass is 327 g/mol. The van der Waals surface area contributed by atoms with Crippen molar-refractivity contribution in [2.24, 2.45) is 13.0 Å². The summed E-state index contributed by atoms with van der Waals surface area (Å²) in [5.41, 5.74) is 6.47. The molecule has 2 atom stereocenters. The van der Waals surface area contributed by atoms with Gasteiger partial charge in [0.15, 0.2) is 0 Å². The molecule has 3 rings (SSSR count). The summed E-state index contributed by atoms with van der Waals surface area (Å²) in [6, 6.07) is 13.2. The molecule has 1 aliphatic rings. The van der Waals surface area contributed by atoms with Crippen LogP contribution >= 0.6 is 0 Å². The zero-order valence-corrected chi connectivity index (χ0v) is 13.6. The van der Waals surface area contributed by atoms with E-state index in [0.29, 0.717) is 12.3 Å². The third-order valence-corrected chi connectivity index (χ3v) is 4.26.